The molecule has 0 saturated carbocycles. The van der Waals surface area contributed by atoms with Gasteiger partial charge in [-0.1, -0.05) is 70.4 Å². The first kappa shape index (κ1) is 14.3. The summed E-state index contributed by atoms with van der Waals surface area (Å²) in [6.45, 7) is 7.36. The molecule has 0 aromatic heterocycles. The first-order valence-corrected chi connectivity index (χ1v) is 7.47. The molecule has 1 N–H and O–H groups in total. The summed E-state index contributed by atoms with van der Waals surface area (Å²) >= 11 is 3.68. The molecular weight excluding hydrogens is 298 g/mol. The van der Waals surface area contributed by atoms with E-state index in [1.165, 1.54) is 22.3 Å². The molecule has 2 rings (SSSR count). The Morgan fingerprint density at radius 2 is 1.79 bits per heavy atom. The minimum Gasteiger partial charge on any atom is -0.306 e. The van der Waals surface area contributed by atoms with E-state index in [1.807, 2.05) is 0 Å². The standard InChI is InChI=1S/C17H20BrN/c1-4-19-17(14-7-5-6-12(2)10-14)15-11-13(3)8-9-16(15)18/h5-11,17,19H,4H2,1-3H3. The number of nitrogens with one attached hydrogen (secondary N) is 1. The van der Waals surface area contributed by atoms with Crippen molar-refractivity contribution in [2.24, 2.45) is 0 Å². The zero-order chi connectivity index (χ0) is 13.8. The quantitative estimate of drug-likeness (QED) is 0.856. The Morgan fingerprint density at radius 3 is 2.47 bits per heavy atom. The van der Waals surface area contributed by atoms with E-state index in [0.717, 1.165) is 11.0 Å². The number of halogens is 1. The van der Waals surface area contributed by atoms with Gasteiger partial charge in [-0.15, -0.1) is 0 Å². The first-order valence-electron chi connectivity index (χ1n) is 6.68. The van der Waals surface area contributed by atoms with E-state index in [-0.39, 0.29) is 6.04 Å². The average Bonchev–Trinajstić information content (AvgIpc) is 2.39. The Hall–Kier alpha value is -1.12. The van der Waals surface area contributed by atoms with Crippen LogP contribution in [0.5, 0.6) is 0 Å². The van der Waals surface area contributed by atoms with Crippen LogP contribution in [0.1, 0.15) is 35.2 Å². The van der Waals surface area contributed by atoms with Crippen LogP contribution in [0.2, 0.25) is 0 Å². The molecule has 1 nitrogen and oxygen atoms in total. The highest BCUT2D eigenvalue weighted by Gasteiger charge is 2.15. The third-order valence-electron chi connectivity index (χ3n) is 3.25. The van der Waals surface area contributed by atoms with Gasteiger partial charge in [-0.2, -0.15) is 0 Å². The van der Waals surface area contributed by atoms with Crippen molar-refractivity contribution in [3.63, 3.8) is 0 Å². The van der Waals surface area contributed by atoms with Crippen LogP contribution < -0.4 is 5.32 Å². The molecule has 0 aliphatic heterocycles. The van der Waals surface area contributed by atoms with Crippen LogP contribution in [0.4, 0.5) is 0 Å². The SMILES string of the molecule is CCNC(c1cccc(C)c1)c1cc(C)ccc1Br. The normalized spacial score (nSPS) is 12.4. The Balaban J connectivity index is 2.48. The lowest BCUT2D eigenvalue weighted by atomic mass is 9.96. The fourth-order valence-electron chi connectivity index (χ4n) is 2.35. The number of hydrogen-bond donors (Lipinski definition) is 1. The number of aryl methyl sites for hydroxylation is 2. The number of benzene rings is 2. The van der Waals surface area contributed by atoms with Crippen LogP contribution in [0.3, 0.4) is 0 Å². The van der Waals surface area contributed by atoms with Crippen LogP contribution in [-0.4, -0.2) is 6.54 Å². The molecule has 2 aromatic carbocycles. The Kier molecular flexibility index (Phi) is 4.78. The topological polar surface area (TPSA) is 12.0 Å². The van der Waals surface area contributed by atoms with Crippen molar-refractivity contribution in [1.82, 2.24) is 5.32 Å². The molecule has 0 heterocycles. The Labute approximate surface area is 124 Å². The third-order valence-corrected chi connectivity index (χ3v) is 3.97. The number of hydrogen-bond acceptors (Lipinski definition) is 1. The van der Waals surface area contributed by atoms with Gasteiger partial charge in [-0.05, 0) is 37.6 Å². The average molecular weight is 318 g/mol. The predicted molar refractivity (Wildman–Crippen MR) is 85.6 cm³/mol. The molecule has 0 spiro atoms. The van der Waals surface area contributed by atoms with Crippen molar-refractivity contribution in [1.29, 1.82) is 0 Å². The monoisotopic (exact) mass is 317 g/mol. The second-order valence-electron chi connectivity index (χ2n) is 4.93. The molecule has 0 aliphatic rings. The van der Waals surface area contributed by atoms with Gasteiger partial charge in [-0.3, -0.25) is 0 Å². The highest BCUT2D eigenvalue weighted by atomic mass is 79.9. The van der Waals surface area contributed by atoms with Gasteiger partial charge in [0.25, 0.3) is 0 Å². The molecule has 0 bridgehead atoms. The molecule has 0 radical (unpaired) electrons. The molecule has 1 unspecified atom stereocenters. The van der Waals surface area contributed by atoms with Crippen molar-refractivity contribution in [3.05, 3.63) is 69.2 Å². The van der Waals surface area contributed by atoms with E-state index in [4.69, 9.17) is 0 Å². The van der Waals surface area contributed by atoms with Crippen molar-refractivity contribution in [2.45, 2.75) is 26.8 Å². The Morgan fingerprint density at radius 1 is 1.05 bits per heavy atom. The molecule has 2 heteroatoms. The van der Waals surface area contributed by atoms with Gasteiger partial charge in [0.2, 0.25) is 0 Å². The summed E-state index contributed by atoms with van der Waals surface area (Å²) < 4.78 is 1.16. The minimum atomic E-state index is 0.235. The van der Waals surface area contributed by atoms with E-state index in [9.17, 15) is 0 Å². The molecule has 0 amide bonds. The summed E-state index contributed by atoms with van der Waals surface area (Å²) in [5.41, 5.74) is 5.19. The fourth-order valence-corrected chi connectivity index (χ4v) is 2.82. The lowest BCUT2D eigenvalue weighted by molar-refractivity contribution is 0.628. The van der Waals surface area contributed by atoms with Crippen molar-refractivity contribution < 1.29 is 0 Å². The van der Waals surface area contributed by atoms with Gasteiger partial charge >= 0.3 is 0 Å². The van der Waals surface area contributed by atoms with Gasteiger partial charge < -0.3 is 5.32 Å². The zero-order valence-corrected chi connectivity index (χ0v) is 13.3. The predicted octanol–water partition coefficient (Wildman–Crippen LogP) is 4.76. The van der Waals surface area contributed by atoms with Crippen LogP contribution in [0.25, 0.3) is 0 Å². The molecular formula is C17H20BrN. The highest BCUT2D eigenvalue weighted by molar-refractivity contribution is 9.10. The molecule has 1 atom stereocenters. The molecule has 100 valence electrons. The molecule has 0 aliphatic carbocycles. The maximum Gasteiger partial charge on any atom is 0.0587 e. The zero-order valence-electron chi connectivity index (χ0n) is 11.7. The maximum absolute atomic E-state index is 3.68. The third kappa shape index (κ3) is 3.46. The smallest absolute Gasteiger partial charge is 0.0587 e. The van der Waals surface area contributed by atoms with Gasteiger partial charge in [-0.25, -0.2) is 0 Å². The second kappa shape index (κ2) is 6.36. The summed E-state index contributed by atoms with van der Waals surface area (Å²) in [6.07, 6.45) is 0. The summed E-state index contributed by atoms with van der Waals surface area (Å²) in [4.78, 5) is 0. The molecule has 2 aromatic rings. The van der Waals surface area contributed by atoms with Crippen LogP contribution >= 0.6 is 15.9 Å². The van der Waals surface area contributed by atoms with Gasteiger partial charge in [0.05, 0.1) is 6.04 Å². The molecule has 0 fully saturated rings. The summed E-state index contributed by atoms with van der Waals surface area (Å²) in [5, 5.41) is 3.58. The van der Waals surface area contributed by atoms with E-state index >= 15 is 0 Å². The van der Waals surface area contributed by atoms with E-state index in [1.54, 1.807) is 0 Å². The summed E-state index contributed by atoms with van der Waals surface area (Å²) in [7, 11) is 0. The minimum absolute atomic E-state index is 0.235. The first-order chi connectivity index (χ1) is 9.11. The lowest BCUT2D eigenvalue weighted by Crippen LogP contribution is -2.22. The van der Waals surface area contributed by atoms with Crippen LogP contribution in [-0.2, 0) is 0 Å². The fraction of sp³-hybridized carbons (Fsp3) is 0.294. The summed E-state index contributed by atoms with van der Waals surface area (Å²) in [5.74, 6) is 0. The maximum atomic E-state index is 3.68. The van der Waals surface area contributed by atoms with E-state index in [2.05, 4.69) is 84.5 Å². The Bertz CT molecular complexity index is 563. The van der Waals surface area contributed by atoms with Gasteiger partial charge in [0.15, 0.2) is 0 Å². The highest BCUT2D eigenvalue weighted by Crippen LogP contribution is 2.29. The van der Waals surface area contributed by atoms with Crippen molar-refractivity contribution in [2.75, 3.05) is 6.54 Å². The lowest BCUT2D eigenvalue weighted by Gasteiger charge is -2.21. The van der Waals surface area contributed by atoms with E-state index < -0.39 is 0 Å². The van der Waals surface area contributed by atoms with Crippen LogP contribution in [0, 0.1) is 13.8 Å². The van der Waals surface area contributed by atoms with Crippen LogP contribution in [0.15, 0.2) is 46.9 Å². The molecule has 19 heavy (non-hydrogen) atoms. The van der Waals surface area contributed by atoms with Crippen molar-refractivity contribution in [3.8, 4) is 0 Å². The summed E-state index contributed by atoms with van der Waals surface area (Å²) in [6, 6.07) is 15.4. The second-order valence-corrected chi connectivity index (χ2v) is 5.78. The largest absolute Gasteiger partial charge is 0.306 e. The van der Waals surface area contributed by atoms with Gasteiger partial charge in [0, 0.05) is 4.47 Å². The number of rotatable bonds is 4. The van der Waals surface area contributed by atoms with E-state index in [0.29, 0.717) is 0 Å². The van der Waals surface area contributed by atoms with Crippen molar-refractivity contribution >= 4 is 15.9 Å². The molecule has 0 saturated heterocycles. The van der Waals surface area contributed by atoms with Gasteiger partial charge in [0.1, 0.15) is 0 Å².